The minimum atomic E-state index is -0.121. The largest absolute Gasteiger partial charge is 0.317 e. The van der Waals surface area contributed by atoms with Crippen LogP contribution in [0.2, 0.25) is 0 Å². The third-order valence-electron chi connectivity index (χ3n) is 3.63. The van der Waals surface area contributed by atoms with Crippen LogP contribution in [0.25, 0.3) is 0 Å². The van der Waals surface area contributed by atoms with Crippen LogP contribution in [0, 0.1) is 5.41 Å². The fourth-order valence-corrected chi connectivity index (χ4v) is 4.16. The first kappa shape index (κ1) is 13.2. The predicted octanol–water partition coefficient (Wildman–Crippen LogP) is 3.86. The van der Waals surface area contributed by atoms with Crippen LogP contribution in [0.1, 0.15) is 43.0 Å². The van der Waals surface area contributed by atoms with E-state index in [1.54, 1.807) is 11.3 Å². The maximum Gasteiger partial charge on any atom is 0.171 e. The zero-order chi connectivity index (χ0) is 12.3. The molecule has 1 aliphatic heterocycles. The van der Waals surface area contributed by atoms with Crippen molar-refractivity contribution in [3.8, 4) is 0 Å². The van der Waals surface area contributed by atoms with Crippen molar-refractivity contribution in [1.82, 2.24) is 5.32 Å². The predicted molar refractivity (Wildman–Crippen MR) is 75.8 cm³/mol. The molecule has 0 amide bonds. The van der Waals surface area contributed by atoms with Gasteiger partial charge in [-0.1, -0.05) is 13.3 Å². The first-order valence-electron chi connectivity index (χ1n) is 6.17. The standard InChI is InChI=1S/C13H18BrNOS/c1-2-3-13(4-6-15-7-5-13)12(16)10-8-17-9-11(10)14/h8-9,15H,2-7H2,1H3. The van der Waals surface area contributed by atoms with Gasteiger partial charge in [-0.3, -0.25) is 4.79 Å². The van der Waals surface area contributed by atoms with E-state index in [1.807, 2.05) is 10.8 Å². The topological polar surface area (TPSA) is 29.1 Å². The van der Waals surface area contributed by atoms with Crippen LogP contribution < -0.4 is 5.32 Å². The summed E-state index contributed by atoms with van der Waals surface area (Å²) < 4.78 is 0.960. The molecule has 2 rings (SSSR count). The third-order valence-corrected chi connectivity index (χ3v) is 5.33. The molecule has 2 nitrogen and oxygen atoms in total. The number of piperidine rings is 1. The highest BCUT2D eigenvalue weighted by atomic mass is 79.9. The van der Waals surface area contributed by atoms with Crippen LogP contribution in [0.3, 0.4) is 0 Å². The lowest BCUT2D eigenvalue weighted by Gasteiger charge is -2.36. The number of carbonyl (C=O) groups is 1. The summed E-state index contributed by atoms with van der Waals surface area (Å²) in [6.45, 7) is 4.10. The van der Waals surface area contributed by atoms with E-state index in [0.29, 0.717) is 5.78 Å². The lowest BCUT2D eigenvalue weighted by Crippen LogP contribution is -2.42. The van der Waals surface area contributed by atoms with Crippen molar-refractivity contribution >= 4 is 33.0 Å². The number of ketones is 1. The molecule has 1 saturated heterocycles. The molecule has 0 saturated carbocycles. The van der Waals surface area contributed by atoms with Crippen LogP contribution >= 0.6 is 27.3 Å². The van der Waals surface area contributed by atoms with Gasteiger partial charge < -0.3 is 5.32 Å². The summed E-state index contributed by atoms with van der Waals surface area (Å²) in [7, 11) is 0. The van der Waals surface area contributed by atoms with E-state index in [-0.39, 0.29) is 5.41 Å². The Morgan fingerprint density at radius 3 is 2.71 bits per heavy atom. The molecule has 1 fully saturated rings. The van der Waals surface area contributed by atoms with Crippen LogP contribution in [0.15, 0.2) is 15.2 Å². The average Bonchev–Trinajstić information content (AvgIpc) is 2.76. The number of hydrogen-bond acceptors (Lipinski definition) is 3. The second kappa shape index (κ2) is 5.63. The Bertz CT molecular complexity index is 390. The summed E-state index contributed by atoms with van der Waals surface area (Å²) in [6, 6.07) is 0. The Kier molecular flexibility index (Phi) is 4.39. The van der Waals surface area contributed by atoms with Gasteiger partial charge in [-0.25, -0.2) is 0 Å². The first-order valence-corrected chi connectivity index (χ1v) is 7.90. The zero-order valence-corrected chi connectivity index (χ0v) is 12.5. The van der Waals surface area contributed by atoms with E-state index < -0.39 is 0 Å². The van der Waals surface area contributed by atoms with Gasteiger partial charge in [-0.05, 0) is 48.3 Å². The highest BCUT2D eigenvalue weighted by Gasteiger charge is 2.39. The summed E-state index contributed by atoms with van der Waals surface area (Å²) in [4.78, 5) is 12.7. The highest BCUT2D eigenvalue weighted by Crippen LogP contribution is 2.39. The average molecular weight is 316 g/mol. The number of thiophene rings is 1. The molecule has 0 aromatic carbocycles. The van der Waals surface area contributed by atoms with Gasteiger partial charge in [0.2, 0.25) is 0 Å². The van der Waals surface area contributed by atoms with Crippen molar-refractivity contribution < 1.29 is 4.79 Å². The van der Waals surface area contributed by atoms with Gasteiger partial charge in [0.1, 0.15) is 0 Å². The minimum absolute atomic E-state index is 0.121. The van der Waals surface area contributed by atoms with Gasteiger partial charge in [-0.2, -0.15) is 11.3 Å². The van der Waals surface area contributed by atoms with Crippen LogP contribution in [-0.2, 0) is 0 Å². The zero-order valence-electron chi connectivity index (χ0n) is 10.1. The summed E-state index contributed by atoms with van der Waals surface area (Å²) in [5.41, 5.74) is 0.759. The Labute approximate surface area is 115 Å². The van der Waals surface area contributed by atoms with Crippen LogP contribution in [0.5, 0.6) is 0 Å². The van der Waals surface area contributed by atoms with E-state index in [9.17, 15) is 4.79 Å². The molecular weight excluding hydrogens is 298 g/mol. The molecule has 0 spiro atoms. The summed E-state index contributed by atoms with van der Waals surface area (Å²) in [5.74, 6) is 0.342. The van der Waals surface area contributed by atoms with Crippen molar-refractivity contribution in [3.05, 3.63) is 20.8 Å². The quantitative estimate of drug-likeness (QED) is 0.855. The number of rotatable bonds is 4. The molecule has 1 aromatic heterocycles. The smallest absolute Gasteiger partial charge is 0.171 e. The van der Waals surface area contributed by atoms with Crippen molar-refractivity contribution in [3.63, 3.8) is 0 Å². The Hall–Kier alpha value is -0.190. The lowest BCUT2D eigenvalue weighted by atomic mass is 9.70. The molecular formula is C13H18BrNOS. The van der Waals surface area contributed by atoms with Crippen molar-refractivity contribution in [1.29, 1.82) is 0 Å². The van der Waals surface area contributed by atoms with Crippen molar-refractivity contribution in [2.24, 2.45) is 5.41 Å². The molecule has 1 N–H and O–H groups in total. The molecule has 0 unspecified atom stereocenters. The van der Waals surface area contributed by atoms with Gasteiger partial charge in [0.15, 0.2) is 5.78 Å². The van der Waals surface area contributed by atoms with Gasteiger partial charge >= 0.3 is 0 Å². The molecule has 0 aliphatic carbocycles. The van der Waals surface area contributed by atoms with Gasteiger partial charge in [0.05, 0.1) is 0 Å². The third kappa shape index (κ3) is 2.64. The molecule has 17 heavy (non-hydrogen) atoms. The molecule has 0 radical (unpaired) electrons. The number of carbonyl (C=O) groups excluding carboxylic acids is 1. The normalized spacial score (nSPS) is 19.2. The molecule has 1 aromatic rings. The SMILES string of the molecule is CCCC1(C(=O)c2cscc2Br)CCNCC1. The van der Waals surface area contributed by atoms with Crippen LogP contribution in [-0.4, -0.2) is 18.9 Å². The summed E-state index contributed by atoms with van der Waals surface area (Å²) in [5, 5.41) is 7.32. The molecule has 0 bridgehead atoms. The fraction of sp³-hybridized carbons (Fsp3) is 0.615. The minimum Gasteiger partial charge on any atom is -0.317 e. The maximum atomic E-state index is 12.7. The summed E-state index contributed by atoms with van der Waals surface area (Å²) in [6.07, 6.45) is 4.03. The van der Waals surface area contributed by atoms with E-state index >= 15 is 0 Å². The van der Waals surface area contributed by atoms with Gasteiger partial charge in [0, 0.05) is 26.2 Å². The fourth-order valence-electron chi connectivity index (χ4n) is 2.70. The maximum absolute atomic E-state index is 12.7. The summed E-state index contributed by atoms with van der Waals surface area (Å²) >= 11 is 5.07. The lowest BCUT2D eigenvalue weighted by molar-refractivity contribution is 0.0704. The van der Waals surface area contributed by atoms with Crippen LogP contribution in [0.4, 0.5) is 0 Å². The Morgan fingerprint density at radius 2 is 2.18 bits per heavy atom. The number of nitrogens with one attached hydrogen (secondary N) is 1. The van der Waals surface area contributed by atoms with Gasteiger partial charge in [0.25, 0.3) is 0 Å². The van der Waals surface area contributed by atoms with E-state index in [4.69, 9.17) is 0 Å². The van der Waals surface area contributed by atoms with Crippen molar-refractivity contribution in [2.45, 2.75) is 32.6 Å². The first-order chi connectivity index (χ1) is 8.19. The highest BCUT2D eigenvalue weighted by molar-refractivity contribution is 9.10. The number of Topliss-reactive ketones (excluding diaryl/α,β-unsaturated/α-hetero) is 1. The Balaban J connectivity index is 2.27. The molecule has 1 aliphatic rings. The van der Waals surface area contributed by atoms with E-state index in [1.165, 1.54) is 0 Å². The Morgan fingerprint density at radius 1 is 1.47 bits per heavy atom. The van der Waals surface area contributed by atoms with Gasteiger partial charge in [-0.15, -0.1) is 0 Å². The second-order valence-electron chi connectivity index (χ2n) is 4.74. The molecule has 94 valence electrons. The van der Waals surface area contributed by atoms with Crippen molar-refractivity contribution in [2.75, 3.05) is 13.1 Å². The van der Waals surface area contributed by atoms with E-state index in [2.05, 4.69) is 28.2 Å². The number of hydrogen-bond donors (Lipinski definition) is 1. The monoisotopic (exact) mass is 315 g/mol. The second-order valence-corrected chi connectivity index (χ2v) is 6.34. The molecule has 4 heteroatoms. The molecule has 2 heterocycles. The van der Waals surface area contributed by atoms with E-state index in [0.717, 1.165) is 48.8 Å². The molecule has 0 atom stereocenters. The number of halogens is 1.